The van der Waals surface area contributed by atoms with Crippen LogP contribution in [0.5, 0.6) is 0 Å². The first-order valence-corrected chi connectivity index (χ1v) is 9.00. The molecule has 0 bridgehead atoms. The van der Waals surface area contributed by atoms with Gasteiger partial charge in [-0.1, -0.05) is 18.2 Å². The van der Waals surface area contributed by atoms with Gasteiger partial charge in [-0.15, -0.1) is 0 Å². The van der Waals surface area contributed by atoms with Gasteiger partial charge in [-0.2, -0.15) is 17.5 Å². The quantitative estimate of drug-likeness (QED) is 0.890. The minimum atomic E-state index is -4.52. The summed E-state index contributed by atoms with van der Waals surface area (Å²) in [6.07, 6.45) is -2.89. The maximum Gasteiger partial charge on any atom is 0.416 e. The van der Waals surface area contributed by atoms with E-state index < -0.39 is 27.5 Å². The minimum absolute atomic E-state index is 0.0311. The molecular weight excluding hydrogens is 357 g/mol. The molecule has 6 nitrogen and oxygen atoms in total. The fraction of sp³-hybridized carbons (Fsp3) is 0.333. The van der Waals surface area contributed by atoms with Gasteiger partial charge in [0.2, 0.25) is 10.0 Å². The van der Waals surface area contributed by atoms with E-state index in [0.29, 0.717) is 23.5 Å². The highest BCUT2D eigenvalue weighted by molar-refractivity contribution is 7.88. The standard InChI is InChI=1S/C15H15F3N4O2S/c16-15(17,18)11-3-1-2-10(6-11)8-25(23,24)22-5-4-12-13(7-22)20-9-21-14(12)19/h1-3,6,9H,4-5,7-8H2,(H2,19,20,21). The van der Waals surface area contributed by atoms with Crippen LogP contribution in [-0.4, -0.2) is 29.2 Å². The smallest absolute Gasteiger partial charge is 0.383 e. The lowest BCUT2D eigenvalue weighted by molar-refractivity contribution is -0.137. The zero-order valence-electron chi connectivity index (χ0n) is 13.0. The summed E-state index contributed by atoms with van der Waals surface area (Å²) in [5.74, 6) is -0.188. The summed E-state index contributed by atoms with van der Waals surface area (Å²) in [7, 11) is -3.79. The number of hydrogen-bond acceptors (Lipinski definition) is 5. The molecule has 0 amide bonds. The molecule has 0 saturated carbocycles. The van der Waals surface area contributed by atoms with Crippen molar-refractivity contribution < 1.29 is 21.6 Å². The zero-order valence-corrected chi connectivity index (χ0v) is 13.8. The third kappa shape index (κ3) is 3.74. The largest absolute Gasteiger partial charge is 0.416 e. The van der Waals surface area contributed by atoms with Crippen LogP contribution in [0.15, 0.2) is 30.6 Å². The van der Waals surface area contributed by atoms with Crippen molar-refractivity contribution in [1.29, 1.82) is 0 Å². The lowest BCUT2D eigenvalue weighted by atomic mass is 10.1. The topological polar surface area (TPSA) is 89.2 Å². The van der Waals surface area contributed by atoms with Gasteiger partial charge >= 0.3 is 6.18 Å². The molecule has 1 aliphatic rings. The third-order valence-electron chi connectivity index (χ3n) is 4.00. The maximum atomic E-state index is 12.8. The fourth-order valence-electron chi connectivity index (χ4n) is 2.73. The van der Waals surface area contributed by atoms with Gasteiger partial charge in [0.25, 0.3) is 0 Å². The first kappa shape index (κ1) is 17.6. The number of rotatable bonds is 3. The van der Waals surface area contributed by atoms with Gasteiger partial charge in [0.15, 0.2) is 0 Å². The predicted octanol–water partition coefficient (Wildman–Crippen LogP) is 1.97. The summed E-state index contributed by atoms with van der Waals surface area (Å²) in [6.45, 7) is 0.217. The fourth-order valence-corrected chi connectivity index (χ4v) is 4.20. The van der Waals surface area contributed by atoms with E-state index in [4.69, 9.17) is 5.73 Å². The Balaban J connectivity index is 1.82. The van der Waals surface area contributed by atoms with Crippen LogP contribution in [0.1, 0.15) is 22.4 Å². The Bertz CT molecular complexity index is 900. The van der Waals surface area contributed by atoms with E-state index in [-0.39, 0.29) is 18.7 Å². The van der Waals surface area contributed by atoms with E-state index >= 15 is 0 Å². The molecule has 1 aliphatic heterocycles. The van der Waals surface area contributed by atoms with E-state index in [9.17, 15) is 21.6 Å². The Morgan fingerprint density at radius 2 is 2.00 bits per heavy atom. The Kier molecular flexibility index (Phi) is 4.41. The summed E-state index contributed by atoms with van der Waals surface area (Å²) >= 11 is 0. The van der Waals surface area contributed by atoms with Crippen molar-refractivity contribution in [3.63, 3.8) is 0 Å². The van der Waals surface area contributed by atoms with Gasteiger partial charge in [0, 0.05) is 12.1 Å². The number of aromatic nitrogens is 2. The molecule has 2 heterocycles. The van der Waals surface area contributed by atoms with Crippen LogP contribution in [0, 0.1) is 0 Å². The van der Waals surface area contributed by atoms with Crippen molar-refractivity contribution in [2.24, 2.45) is 0 Å². The third-order valence-corrected chi connectivity index (χ3v) is 5.80. The average Bonchev–Trinajstić information content (AvgIpc) is 2.54. The molecule has 3 rings (SSSR count). The lowest BCUT2D eigenvalue weighted by Crippen LogP contribution is -2.37. The number of sulfonamides is 1. The first-order valence-electron chi connectivity index (χ1n) is 7.39. The number of alkyl halides is 3. The Labute approximate surface area is 142 Å². The molecule has 2 aromatic rings. The van der Waals surface area contributed by atoms with Gasteiger partial charge in [-0.05, 0) is 18.1 Å². The summed E-state index contributed by atoms with van der Waals surface area (Å²) in [4.78, 5) is 7.92. The van der Waals surface area contributed by atoms with Crippen molar-refractivity contribution in [1.82, 2.24) is 14.3 Å². The van der Waals surface area contributed by atoms with E-state index in [0.717, 1.165) is 12.1 Å². The second-order valence-electron chi connectivity index (χ2n) is 5.72. The molecule has 0 radical (unpaired) electrons. The van der Waals surface area contributed by atoms with Crippen LogP contribution in [0.4, 0.5) is 19.0 Å². The number of hydrogen-bond donors (Lipinski definition) is 1. The summed E-state index contributed by atoms with van der Waals surface area (Å²) in [6, 6.07) is 4.33. The summed E-state index contributed by atoms with van der Waals surface area (Å²) in [5, 5.41) is 0. The van der Waals surface area contributed by atoms with Gasteiger partial charge in [0.1, 0.15) is 12.1 Å². The van der Waals surface area contributed by atoms with Gasteiger partial charge in [0.05, 0.1) is 23.6 Å². The second kappa shape index (κ2) is 6.26. The molecular formula is C15H15F3N4O2S. The number of benzene rings is 1. The molecule has 0 saturated heterocycles. The maximum absolute atomic E-state index is 12.8. The van der Waals surface area contributed by atoms with E-state index in [1.54, 1.807) is 0 Å². The number of halogens is 3. The first-order chi connectivity index (χ1) is 11.7. The molecule has 134 valence electrons. The van der Waals surface area contributed by atoms with Crippen LogP contribution in [0.2, 0.25) is 0 Å². The number of nitrogens with zero attached hydrogens (tertiary/aromatic N) is 3. The Morgan fingerprint density at radius 3 is 2.72 bits per heavy atom. The van der Waals surface area contributed by atoms with Gasteiger partial charge < -0.3 is 5.73 Å². The van der Waals surface area contributed by atoms with Crippen LogP contribution < -0.4 is 5.73 Å². The molecule has 1 aromatic heterocycles. The molecule has 0 spiro atoms. The van der Waals surface area contributed by atoms with Crippen molar-refractivity contribution in [3.05, 3.63) is 53.0 Å². The Morgan fingerprint density at radius 1 is 1.24 bits per heavy atom. The molecule has 2 N–H and O–H groups in total. The number of anilines is 1. The highest BCUT2D eigenvalue weighted by Crippen LogP contribution is 2.30. The summed E-state index contributed by atoms with van der Waals surface area (Å²) < 4.78 is 64.7. The second-order valence-corrected chi connectivity index (χ2v) is 7.69. The van der Waals surface area contributed by atoms with Crippen LogP contribution >= 0.6 is 0 Å². The average molecular weight is 372 g/mol. The zero-order chi connectivity index (χ0) is 18.2. The number of fused-ring (bicyclic) bond motifs is 1. The van der Waals surface area contributed by atoms with Crippen LogP contribution in [0.3, 0.4) is 0 Å². The van der Waals surface area contributed by atoms with Crippen LogP contribution in [0.25, 0.3) is 0 Å². The SMILES string of the molecule is Nc1ncnc2c1CCN(S(=O)(=O)Cc1cccc(C(F)(F)F)c1)C2. The number of nitrogens with two attached hydrogens (primary N) is 1. The van der Waals surface area contributed by atoms with Gasteiger partial charge in [-0.25, -0.2) is 18.4 Å². The molecule has 0 unspecified atom stereocenters. The van der Waals surface area contributed by atoms with E-state index in [1.807, 2.05) is 0 Å². The van der Waals surface area contributed by atoms with Crippen molar-refractivity contribution in [2.45, 2.75) is 24.9 Å². The highest BCUT2D eigenvalue weighted by Gasteiger charge is 2.32. The summed E-state index contributed by atoms with van der Waals surface area (Å²) in [5.41, 5.74) is 6.20. The molecule has 10 heteroatoms. The minimum Gasteiger partial charge on any atom is -0.383 e. The predicted molar refractivity (Wildman–Crippen MR) is 84.6 cm³/mol. The molecule has 0 aliphatic carbocycles. The molecule has 25 heavy (non-hydrogen) atoms. The molecule has 1 aromatic carbocycles. The number of nitrogen functional groups attached to an aromatic ring is 1. The monoisotopic (exact) mass is 372 g/mol. The molecule has 0 fully saturated rings. The normalized spacial score (nSPS) is 15.8. The van der Waals surface area contributed by atoms with Crippen molar-refractivity contribution in [3.8, 4) is 0 Å². The molecule has 0 atom stereocenters. The van der Waals surface area contributed by atoms with Crippen molar-refractivity contribution in [2.75, 3.05) is 12.3 Å². The van der Waals surface area contributed by atoms with Crippen LogP contribution in [-0.2, 0) is 34.9 Å². The van der Waals surface area contributed by atoms with Crippen molar-refractivity contribution >= 4 is 15.8 Å². The highest BCUT2D eigenvalue weighted by atomic mass is 32.2. The van der Waals surface area contributed by atoms with E-state index in [2.05, 4.69) is 9.97 Å². The lowest BCUT2D eigenvalue weighted by Gasteiger charge is -2.27. The van der Waals surface area contributed by atoms with E-state index in [1.165, 1.54) is 22.8 Å². The Hall–Kier alpha value is -2.20. The van der Waals surface area contributed by atoms with Gasteiger partial charge in [-0.3, -0.25) is 0 Å².